The van der Waals surface area contributed by atoms with E-state index in [1.54, 1.807) is 0 Å². The number of carbonyl (C=O) groups excluding carboxylic acids is 1. The Balaban J connectivity index is 1.87. The van der Waals surface area contributed by atoms with Crippen LogP contribution >= 0.6 is 23.4 Å². The Labute approximate surface area is 129 Å². The maximum Gasteiger partial charge on any atom is 0.230 e. The third-order valence-corrected chi connectivity index (χ3v) is 5.23. The zero-order valence-corrected chi connectivity index (χ0v) is 13.0. The van der Waals surface area contributed by atoms with Crippen LogP contribution in [0.5, 0.6) is 0 Å². The fourth-order valence-corrected chi connectivity index (χ4v) is 3.63. The molecule has 0 atom stereocenters. The lowest BCUT2D eigenvalue weighted by molar-refractivity contribution is -0.121. The predicted molar refractivity (Wildman–Crippen MR) is 83.2 cm³/mol. The van der Waals surface area contributed by atoms with Gasteiger partial charge in [0, 0.05) is 4.90 Å². The van der Waals surface area contributed by atoms with E-state index in [0.717, 1.165) is 30.6 Å². The first-order valence-corrected chi connectivity index (χ1v) is 8.31. The molecule has 5 heteroatoms. The number of amides is 1. The number of hydrogen-bond acceptors (Lipinski definition) is 3. The fourth-order valence-electron chi connectivity index (χ4n) is 2.59. The highest BCUT2D eigenvalue weighted by atomic mass is 35.5. The van der Waals surface area contributed by atoms with Gasteiger partial charge in [-0.2, -0.15) is 0 Å². The quantitative estimate of drug-likeness (QED) is 0.820. The molecule has 0 aromatic heterocycles. The van der Waals surface area contributed by atoms with Crippen molar-refractivity contribution in [2.75, 3.05) is 12.4 Å². The number of benzene rings is 1. The molecular formula is C15H20ClNO2S. The Bertz CT molecular complexity index is 461. The molecule has 1 aromatic carbocycles. The van der Waals surface area contributed by atoms with Crippen LogP contribution in [-0.4, -0.2) is 28.9 Å². The minimum atomic E-state index is -0.406. The monoisotopic (exact) mass is 313 g/mol. The molecule has 0 aliphatic heterocycles. The lowest BCUT2D eigenvalue weighted by Gasteiger charge is -2.36. The molecule has 1 aromatic rings. The van der Waals surface area contributed by atoms with Gasteiger partial charge in [0.1, 0.15) is 0 Å². The van der Waals surface area contributed by atoms with Crippen LogP contribution in [0.2, 0.25) is 5.02 Å². The number of rotatable bonds is 5. The Hall–Kier alpha value is -0.710. The van der Waals surface area contributed by atoms with Gasteiger partial charge in [-0.25, -0.2) is 0 Å². The van der Waals surface area contributed by atoms with Gasteiger partial charge in [-0.3, -0.25) is 4.79 Å². The average Bonchev–Trinajstić information content (AvgIpc) is 2.47. The molecule has 1 amide bonds. The summed E-state index contributed by atoms with van der Waals surface area (Å²) in [6.07, 6.45) is 5.06. The molecule has 0 heterocycles. The number of aliphatic hydroxyl groups excluding tert-OH is 1. The van der Waals surface area contributed by atoms with E-state index in [0.29, 0.717) is 10.8 Å². The van der Waals surface area contributed by atoms with Gasteiger partial charge in [0.15, 0.2) is 0 Å². The molecule has 2 rings (SSSR count). The van der Waals surface area contributed by atoms with E-state index in [1.807, 2.05) is 24.3 Å². The number of thioether (sulfide) groups is 1. The molecule has 3 nitrogen and oxygen atoms in total. The van der Waals surface area contributed by atoms with Gasteiger partial charge in [-0.1, -0.05) is 43.0 Å². The molecule has 0 unspecified atom stereocenters. The molecule has 1 saturated carbocycles. The Kier molecular flexibility index (Phi) is 5.75. The van der Waals surface area contributed by atoms with Crippen molar-refractivity contribution in [2.45, 2.75) is 42.5 Å². The summed E-state index contributed by atoms with van der Waals surface area (Å²) in [5.41, 5.74) is -0.406. The summed E-state index contributed by atoms with van der Waals surface area (Å²) < 4.78 is 0. The van der Waals surface area contributed by atoms with Gasteiger partial charge in [-0.05, 0) is 25.0 Å². The van der Waals surface area contributed by atoms with E-state index in [2.05, 4.69) is 5.32 Å². The zero-order valence-electron chi connectivity index (χ0n) is 11.4. The van der Waals surface area contributed by atoms with Crippen molar-refractivity contribution in [3.8, 4) is 0 Å². The summed E-state index contributed by atoms with van der Waals surface area (Å²) in [5.74, 6) is 0.289. The van der Waals surface area contributed by atoms with E-state index in [9.17, 15) is 9.90 Å². The molecule has 0 radical (unpaired) electrons. The van der Waals surface area contributed by atoms with Crippen LogP contribution in [0.3, 0.4) is 0 Å². The smallest absolute Gasteiger partial charge is 0.230 e. The van der Waals surface area contributed by atoms with E-state index in [-0.39, 0.29) is 12.5 Å². The summed E-state index contributed by atoms with van der Waals surface area (Å²) in [4.78, 5) is 13.0. The van der Waals surface area contributed by atoms with Crippen molar-refractivity contribution >= 4 is 29.3 Å². The van der Waals surface area contributed by atoms with Crippen molar-refractivity contribution in [2.24, 2.45) is 0 Å². The van der Waals surface area contributed by atoms with E-state index in [4.69, 9.17) is 11.6 Å². The van der Waals surface area contributed by atoms with Crippen molar-refractivity contribution in [3.05, 3.63) is 29.3 Å². The molecule has 0 bridgehead atoms. The highest BCUT2D eigenvalue weighted by molar-refractivity contribution is 8.00. The number of halogens is 1. The zero-order chi connectivity index (χ0) is 14.4. The molecule has 1 fully saturated rings. The predicted octanol–water partition coefficient (Wildman–Crippen LogP) is 3.24. The first-order valence-electron chi connectivity index (χ1n) is 6.94. The highest BCUT2D eigenvalue weighted by Gasteiger charge is 2.32. The first kappa shape index (κ1) is 15.7. The fraction of sp³-hybridized carbons (Fsp3) is 0.533. The van der Waals surface area contributed by atoms with E-state index >= 15 is 0 Å². The second kappa shape index (κ2) is 7.34. The summed E-state index contributed by atoms with van der Waals surface area (Å²) in [6, 6.07) is 7.50. The van der Waals surface area contributed by atoms with Crippen molar-refractivity contribution in [3.63, 3.8) is 0 Å². The van der Waals surface area contributed by atoms with Gasteiger partial charge >= 0.3 is 0 Å². The molecule has 20 heavy (non-hydrogen) atoms. The summed E-state index contributed by atoms with van der Waals surface area (Å²) in [5, 5.41) is 13.3. The summed E-state index contributed by atoms with van der Waals surface area (Å²) >= 11 is 7.49. The highest BCUT2D eigenvalue weighted by Crippen LogP contribution is 2.29. The number of carbonyl (C=O) groups is 1. The second-order valence-electron chi connectivity index (χ2n) is 5.27. The SMILES string of the molecule is O=C(CSc1ccccc1Cl)NC1(CO)CCCCC1. The topological polar surface area (TPSA) is 49.3 Å². The van der Waals surface area contributed by atoms with Crippen molar-refractivity contribution < 1.29 is 9.90 Å². The molecule has 2 N–H and O–H groups in total. The molecule has 1 aliphatic rings. The molecular weight excluding hydrogens is 294 g/mol. The molecule has 1 aliphatic carbocycles. The maximum atomic E-state index is 12.1. The van der Waals surface area contributed by atoms with Gasteiger partial charge in [0.05, 0.1) is 22.9 Å². The van der Waals surface area contributed by atoms with Gasteiger partial charge in [0.2, 0.25) is 5.91 Å². The maximum absolute atomic E-state index is 12.1. The number of aliphatic hydroxyl groups is 1. The summed E-state index contributed by atoms with van der Waals surface area (Å²) in [7, 11) is 0. The van der Waals surface area contributed by atoms with Crippen LogP contribution < -0.4 is 5.32 Å². The van der Waals surface area contributed by atoms with Crippen LogP contribution in [0.15, 0.2) is 29.2 Å². The lowest BCUT2D eigenvalue weighted by Crippen LogP contribution is -2.53. The van der Waals surface area contributed by atoms with Crippen LogP contribution in [-0.2, 0) is 4.79 Å². The van der Waals surface area contributed by atoms with Crippen LogP contribution in [0.25, 0.3) is 0 Å². The van der Waals surface area contributed by atoms with Crippen LogP contribution in [0.4, 0.5) is 0 Å². The number of hydrogen-bond donors (Lipinski definition) is 2. The van der Waals surface area contributed by atoms with Gasteiger partial charge in [-0.15, -0.1) is 11.8 Å². The molecule has 0 saturated heterocycles. The average molecular weight is 314 g/mol. The van der Waals surface area contributed by atoms with Gasteiger partial charge in [0.25, 0.3) is 0 Å². The Morgan fingerprint density at radius 3 is 2.65 bits per heavy atom. The molecule has 110 valence electrons. The van der Waals surface area contributed by atoms with Crippen LogP contribution in [0, 0.1) is 0 Å². The Morgan fingerprint density at radius 2 is 2.00 bits per heavy atom. The minimum Gasteiger partial charge on any atom is -0.394 e. The molecule has 0 spiro atoms. The van der Waals surface area contributed by atoms with Gasteiger partial charge < -0.3 is 10.4 Å². The minimum absolute atomic E-state index is 0.0233. The largest absolute Gasteiger partial charge is 0.394 e. The third-order valence-electron chi connectivity index (χ3n) is 3.71. The lowest BCUT2D eigenvalue weighted by atomic mass is 9.82. The van der Waals surface area contributed by atoms with Crippen molar-refractivity contribution in [1.82, 2.24) is 5.32 Å². The number of nitrogens with one attached hydrogen (secondary N) is 1. The standard InChI is InChI=1S/C15H20ClNO2S/c16-12-6-2-3-7-13(12)20-10-14(19)17-15(11-18)8-4-1-5-9-15/h2-3,6-7,18H,1,4-5,8-11H2,(H,17,19). The second-order valence-corrected chi connectivity index (χ2v) is 6.69. The van der Waals surface area contributed by atoms with E-state index in [1.165, 1.54) is 18.2 Å². The third kappa shape index (κ3) is 4.14. The summed E-state index contributed by atoms with van der Waals surface area (Å²) in [6.45, 7) is 0.0233. The van der Waals surface area contributed by atoms with Crippen LogP contribution in [0.1, 0.15) is 32.1 Å². The normalized spacial score (nSPS) is 17.7. The first-order chi connectivity index (χ1) is 9.65. The van der Waals surface area contributed by atoms with Crippen molar-refractivity contribution in [1.29, 1.82) is 0 Å². The van der Waals surface area contributed by atoms with E-state index < -0.39 is 5.54 Å². The Morgan fingerprint density at radius 1 is 1.30 bits per heavy atom.